The summed E-state index contributed by atoms with van der Waals surface area (Å²) in [4.78, 5) is 50.6. The molecule has 0 aliphatic carbocycles. The lowest BCUT2D eigenvalue weighted by molar-refractivity contribution is -0.170. The summed E-state index contributed by atoms with van der Waals surface area (Å²) in [5.74, 6) is -1.13. The molecule has 0 spiro atoms. The second-order valence-corrected chi connectivity index (χ2v) is 5.04. The number of benzene rings is 1. The Morgan fingerprint density at radius 3 is 2.57 bits per heavy atom. The Morgan fingerprint density at radius 1 is 1.17 bits per heavy atom. The van der Waals surface area contributed by atoms with Crippen molar-refractivity contribution in [2.75, 3.05) is 5.32 Å². The summed E-state index contributed by atoms with van der Waals surface area (Å²) in [7, 11) is 0. The number of hydrogen-bond acceptors (Lipinski definition) is 6. The van der Waals surface area contributed by atoms with Gasteiger partial charge >= 0.3 is 11.7 Å². The predicted octanol–water partition coefficient (Wildman–Crippen LogP) is 1.71. The first-order valence-corrected chi connectivity index (χ1v) is 6.83. The van der Waals surface area contributed by atoms with Crippen LogP contribution in [0, 0.1) is 6.92 Å². The van der Waals surface area contributed by atoms with Gasteiger partial charge in [0.25, 0.3) is 11.8 Å². The molecule has 1 N–H and O–H groups in total. The maximum Gasteiger partial charge on any atom is 0.436 e. The molecule has 1 aromatic carbocycles. The van der Waals surface area contributed by atoms with Crippen LogP contribution in [-0.4, -0.2) is 23.0 Å². The largest absolute Gasteiger partial charge is 0.436 e. The molecule has 1 fully saturated rings. The average Bonchev–Trinajstić information content (AvgIpc) is 2.78. The van der Waals surface area contributed by atoms with Gasteiger partial charge in [-0.15, -0.1) is 5.06 Å². The van der Waals surface area contributed by atoms with Gasteiger partial charge in [-0.05, 0) is 24.6 Å². The van der Waals surface area contributed by atoms with Gasteiger partial charge in [0, 0.05) is 36.0 Å². The van der Waals surface area contributed by atoms with E-state index < -0.39 is 23.5 Å². The van der Waals surface area contributed by atoms with Crippen molar-refractivity contribution in [1.29, 1.82) is 0 Å². The molecule has 0 atom stereocenters. The highest BCUT2D eigenvalue weighted by molar-refractivity contribution is 6.02. The zero-order valence-electron chi connectivity index (χ0n) is 12.1. The molecule has 118 valence electrons. The third-order valence-electron chi connectivity index (χ3n) is 3.38. The SMILES string of the molecule is Cc1cc(=O)oc2cc(NC(=O)ON3C(=O)CCC3=O)ccc12. The smallest absolute Gasteiger partial charge is 0.423 e. The van der Waals surface area contributed by atoms with Crippen molar-refractivity contribution < 1.29 is 23.6 Å². The van der Waals surface area contributed by atoms with E-state index in [-0.39, 0.29) is 12.8 Å². The number of amides is 3. The number of rotatable bonds is 2. The van der Waals surface area contributed by atoms with Crippen LogP contribution in [0.25, 0.3) is 11.0 Å². The monoisotopic (exact) mass is 316 g/mol. The molecule has 0 saturated carbocycles. The number of nitrogens with zero attached hydrogens (tertiary/aromatic N) is 1. The van der Waals surface area contributed by atoms with E-state index in [1.165, 1.54) is 12.1 Å². The van der Waals surface area contributed by atoms with Crippen LogP contribution in [0.2, 0.25) is 0 Å². The number of hydrogen-bond donors (Lipinski definition) is 1. The lowest BCUT2D eigenvalue weighted by Gasteiger charge is -2.13. The number of fused-ring (bicyclic) bond motifs is 1. The van der Waals surface area contributed by atoms with Crippen LogP contribution < -0.4 is 10.9 Å². The molecule has 2 heterocycles. The van der Waals surface area contributed by atoms with Gasteiger partial charge in [0.2, 0.25) is 0 Å². The highest BCUT2D eigenvalue weighted by Crippen LogP contribution is 2.21. The summed E-state index contributed by atoms with van der Waals surface area (Å²) in [5, 5.41) is 3.55. The summed E-state index contributed by atoms with van der Waals surface area (Å²) in [6.45, 7) is 1.77. The first kappa shape index (κ1) is 14.8. The molecular formula is C15H12N2O6. The Bertz CT molecular complexity index is 869. The number of hydroxylamine groups is 2. The minimum absolute atomic E-state index is 0.0204. The Labute approximate surface area is 129 Å². The third-order valence-corrected chi connectivity index (χ3v) is 3.38. The van der Waals surface area contributed by atoms with Gasteiger partial charge in [-0.1, -0.05) is 0 Å². The van der Waals surface area contributed by atoms with Crippen LogP contribution in [0.3, 0.4) is 0 Å². The summed E-state index contributed by atoms with van der Waals surface area (Å²) in [6, 6.07) is 6.09. The van der Waals surface area contributed by atoms with Crippen molar-refractivity contribution in [2.45, 2.75) is 19.8 Å². The molecule has 3 rings (SSSR count). The Hall–Kier alpha value is -3.16. The molecule has 8 heteroatoms. The highest BCUT2D eigenvalue weighted by Gasteiger charge is 2.32. The molecule has 1 saturated heterocycles. The van der Waals surface area contributed by atoms with Crippen molar-refractivity contribution in [3.63, 3.8) is 0 Å². The fraction of sp³-hybridized carbons (Fsp3) is 0.200. The first-order valence-electron chi connectivity index (χ1n) is 6.83. The molecular weight excluding hydrogens is 304 g/mol. The van der Waals surface area contributed by atoms with Crippen molar-refractivity contribution in [2.24, 2.45) is 0 Å². The third kappa shape index (κ3) is 2.91. The molecule has 0 radical (unpaired) electrons. The van der Waals surface area contributed by atoms with E-state index in [2.05, 4.69) is 5.32 Å². The molecule has 0 bridgehead atoms. The molecule has 1 aromatic heterocycles. The summed E-state index contributed by atoms with van der Waals surface area (Å²) >= 11 is 0. The van der Waals surface area contributed by atoms with Crippen LogP contribution in [0.1, 0.15) is 18.4 Å². The zero-order valence-corrected chi connectivity index (χ0v) is 12.1. The number of nitrogens with one attached hydrogen (secondary N) is 1. The predicted molar refractivity (Wildman–Crippen MR) is 78.4 cm³/mol. The van der Waals surface area contributed by atoms with E-state index >= 15 is 0 Å². The first-order chi connectivity index (χ1) is 10.9. The van der Waals surface area contributed by atoms with Gasteiger partial charge in [0.1, 0.15) is 5.58 Å². The number of aryl methyl sites for hydroxylation is 1. The minimum atomic E-state index is -0.983. The second kappa shape index (κ2) is 5.56. The van der Waals surface area contributed by atoms with Crippen molar-refractivity contribution in [3.05, 3.63) is 40.2 Å². The maximum absolute atomic E-state index is 11.8. The van der Waals surface area contributed by atoms with E-state index in [4.69, 9.17) is 9.25 Å². The van der Waals surface area contributed by atoms with Crippen LogP contribution in [0.4, 0.5) is 10.5 Å². The van der Waals surface area contributed by atoms with Gasteiger partial charge < -0.3 is 9.25 Å². The van der Waals surface area contributed by atoms with E-state index in [1.807, 2.05) is 0 Å². The van der Waals surface area contributed by atoms with E-state index in [0.29, 0.717) is 16.3 Å². The molecule has 1 aliphatic heterocycles. The maximum atomic E-state index is 11.8. The fourth-order valence-corrected chi connectivity index (χ4v) is 2.28. The van der Waals surface area contributed by atoms with E-state index in [1.54, 1.807) is 19.1 Å². The van der Waals surface area contributed by atoms with Gasteiger partial charge in [0.05, 0.1) is 0 Å². The highest BCUT2D eigenvalue weighted by atomic mass is 16.7. The van der Waals surface area contributed by atoms with Crippen LogP contribution >= 0.6 is 0 Å². The number of anilines is 1. The number of imide groups is 1. The van der Waals surface area contributed by atoms with Gasteiger partial charge in [-0.2, -0.15) is 0 Å². The Kier molecular flexibility index (Phi) is 3.57. The molecule has 0 unspecified atom stereocenters. The Morgan fingerprint density at radius 2 is 1.87 bits per heavy atom. The number of carbonyl (C=O) groups excluding carboxylic acids is 3. The van der Waals surface area contributed by atoms with Gasteiger partial charge in [-0.25, -0.2) is 9.59 Å². The second-order valence-electron chi connectivity index (χ2n) is 5.04. The topological polar surface area (TPSA) is 106 Å². The van der Waals surface area contributed by atoms with E-state index in [9.17, 15) is 19.2 Å². The van der Waals surface area contributed by atoms with E-state index in [0.717, 1.165) is 10.9 Å². The van der Waals surface area contributed by atoms with Crippen LogP contribution in [-0.2, 0) is 14.4 Å². The normalized spacial score (nSPS) is 14.4. The van der Waals surface area contributed by atoms with Crippen LogP contribution in [0.5, 0.6) is 0 Å². The van der Waals surface area contributed by atoms with Crippen molar-refractivity contribution >= 4 is 34.6 Å². The molecule has 2 aromatic rings. The lowest BCUT2D eigenvalue weighted by Crippen LogP contribution is -2.33. The van der Waals surface area contributed by atoms with Crippen LogP contribution in [0.15, 0.2) is 33.5 Å². The minimum Gasteiger partial charge on any atom is -0.423 e. The molecule has 1 aliphatic rings. The quantitative estimate of drug-likeness (QED) is 0.668. The van der Waals surface area contributed by atoms with Gasteiger partial charge in [0.15, 0.2) is 0 Å². The van der Waals surface area contributed by atoms with Crippen molar-refractivity contribution in [1.82, 2.24) is 5.06 Å². The zero-order chi connectivity index (χ0) is 16.6. The summed E-state index contributed by atoms with van der Waals surface area (Å²) in [6.07, 6.45) is -0.943. The molecule has 3 amide bonds. The lowest BCUT2D eigenvalue weighted by atomic mass is 10.1. The Balaban J connectivity index is 1.78. The fourth-order valence-electron chi connectivity index (χ4n) is 2.28. The molecule has 8 nitrogen and oxygen atoms in total. The number of carbonyl (C=O) groups is 3. The summed E-state index contributed by atoms with van der Waals surface area (Å²) < 4.78 is 5.07. The standard InChI is InChI=1S/C15H12N2O6/c1-8-6-14(20)22-11-7-9(2-3-10(8)11)16-15(21)23-17-12(18)4-5-13(17)19/h2-3,6-7H,4-5H2,1H3,(H,16,21). The summed E-state index contributed by atoms with van der Waals surface area (Å²) in [5.41, 5.74) is 0.859. The van der Waals surface area contributed by atoms with Gasteiger partial charge in [-0.3, -0.25) is 14.9 Å². The van der Waals surface area contributed by atoms with Crippen molar-refractivity contribution in [3.8, 4) is 0 Å². The average molecular weight is 316 g/mol. The molecule has 23 heavy (non-hydrogen) atoms.